The molecule has 0 radical (unpaired) electrons. The third-order valence-corrected chi connectivity index (χ3v) is 2.96. The standard InChI is InChI=1S/C15H19N3O2/c1-11-7-8-17-15(9-11)20-10-12-13(18(2)16)5-4-6-14(12)19-3/h4-9H,10,16H2,1-3H3. The number of nitrogens with two attached hydrogens (primary N) is 1. The van der Waals surface area contributed by atoms with Gasteiger partial charge in [0.15, 0.2) is 0 Å². The lowest BCUT2D eigenvalue weighted by Gasteiger charge is -2.19. The Balaban J connectivity index is 2.24. The van der Waals surface area contributed by atoms with Crippen LogP contribution in [-0.2, 0) is 6.61 Å². The van der Waals surface area contributed by atoms with Crippen LogP contribution in [-0.4, -0.2) is 19.1 Å². The number of ether oxygens (including phenoxy) is 2. The molecule has 1 aromatic heterocycles. The molecule has 0 fully saturated rings. The van der Waals surface area contributed by atoms with Crippen molar-refractivity contribution in [3.8, 4) is 11.6 Å². The summed E-state index contributed by atoms with van der Waals surface area (Å²) in [5.41, 5.74) is 2.85. The van der Waals surface area contributed by atoms with Crippen LogP contribution < -0.4 is 20.3 Å². The van der Waals surface area contributed by atoms with Gasteiger partial charge in [-0.2, -0.15) is 0 Å². The Kier molecular flexibility index (Phi) is 4.42. The maximum Gasteiger partial charge on any atom is 0.213 e. The van der Waals surface area contributed by atoms with Gasteiger partial charge in [0.25, 0.3) is 0 Å². The third kappa shape index (κ3) is 3.19. The molecule has 5 heteroatoms. The second kappa shape index (κ2) is 6.25. The van der Waals surface area contributed by atoms with Crippen LogP contribution in [0.15, 0.2) is 36.5 Å². The average molecular weight is 273 g/mol. The van der Waals surface area contributed by atoms with Crippen LogP contribution in [0.3, 0.4) is 0 Å². The Hall–Kier alpha value is -2.27. The fourth-order valence-electron chi connectivity index (χ4n) is 1.95. The Morgan fingerprint density at radius 1 is 1.30 bits per heavy atom. The van der Waals surface area contributed by atoms with E-state index < -0.39 is 0 Å². The second-order valence-corrected chi connectivity index (χ2v) is 4.53. The fourth-order valence-corrected chi connectivity index (χ4v) is 1.95. The number of anilines is 1. The smallest absolute Gasteiger partial charge is 0.213 e. The van der Waals surface area contributed by atoms with Crippen LogP contribution in [0.25, 0.3) is 0 Å². The second-order valence-electron chi connectivity index (χ2n) is 4.53. The largest absolute Gasteiger partial charge is 0.496 e. The van der Waals surface area contributed by atoms with Crippen LogP contribution >= 0.6 is 0 Å². The number of hydrazine groups is 1. The van der Waals surface area contributed by atoms with Crippen molar-refractivity contribution in [3.63, 3.8) is 0 Å². The van der Waals surface area contributed by atoms with Crippen LogP contribution in [0.4, 0.5) is 5.69 Å². The van der Waals surface area contributed by atoms with E-state index in [4.69, 9.17) is 15.3 Å². The molecule has 0 amide bonds. The molecule has 0 unspecified atom stereocenters. The van der Waals surface area contributed by atoms with Crippen molar-refractivity contribution in [2.45, 2.75) is 13.5 Å². The lowest BCUT2D eigenvalue weighted by Crippen LogP contribution is -2.26. The summed E-state index contributed by atoms with van der Waals surface area (Å²) < 4.78 is 11.1. The first-order chi connectivity index (χ1) is 9.61. The number of rotatable bonds is 5. The molecule has 20 heavy (non-hydrogen) atoms. The number of aromatic nitrogens is 1. The third-order valence-electron chi connectivity index (χ3n) is 2.96. The highest BCUT2D eigenvalue weighted by Gasteiger charge is 2.12. The summed E-state index contributed by atoms with van der Waals surface area (Å²) in [5.74, 6) is 7.17. The summed E-state index contributed by atoms with van der Waals surface area (Å²) in [7, 11) is 3.41. The van der Waals surface area contributed by atoms with Gasteiger partial charge in [-0.15, -0.1) is 0 Å². The molecule has 2 N–H and O–H groups in total. The van der Waals surface area contributed by atoms with Crippen LogP contribution in [0.5, 0.6) is 11.6 Å². The number of hydrogen-bond donors (Lipinski definition) is 1. The van der Waals surface area contributed by atoms with Crippen molar-refractivity contribution in [3.05, 3.63) is 47.7 Å². The van der Waals surface area contributed by atoms with Gasteiger partial charge in [-0.05, 0) is 30.7 Å². The Bertz CT molecular complexity index is 585. The minimum absolute atomic E-state index is 0.345. The van der Waals surface area contributed by atoms with E-state index in [-0.39, 0.29) is 0 Å². The van der Waals surface area contributed by atoms with Gasteiger partial charge in [-0.3, -0.25) is 0 Å². The molecule has 5 nitrogen and oxygen atoms in total. The predicted molar refractivity (Wildman–Crippen MR) is 78.9 cm³/mol. The molecule has 1 heterocycles. The highest BCUT2D eigenvalue weighted by Crippen LogP contribution is 2.28. The molecule has 0 spiro atoms. The van der Waals surface area contributed by atoms with Gasteiger partial charge in [-0.25, -0.2) is 10.8 Å². The zero-order valence-electron chi connectivity index (χ0n) is 12.0. The molecule has 0 saturated heterocycles. The van der Waals surface area contributed by atoms with E-state index in [1.54, 1.807) is 25.4 Å². The van der Waals surface area contributed by atoms with Crippen LogP contribution in [0, 0.1) is 6.92 Å². The summed E-state index contributed by atoms with van der Waals surface area (Å²) in [6.07, 6.45) is 1.73. The molecule has 0 saturated carbocycles. The highest BCUT2D eigenvalue weighted by atomic mass is 16.5. The van der Waals surface area contributed by atoms with Crippen molar-refractivity contribution in [1.82, 2.24) is 4.98 Å². The summed E-state index contributed by atoms with van der Waals surface area (Å²) >= 11 is 0. The molecular formula is C15H19N3O2. The maximum absolute atomic E-state index is 5.84. The van der Waals surface area contributed by atoms with E-state index in [1.807, 2.05) is 37.3 Å². The van der Waals surface area contributed by atoms with Gasteiger partial charge in [0.1, 0.15) is 12.4 Å². The zero-order valence-corrected chi connectivity index (χ0v) is 12.0. The van der Waals surface area contributed by atoms with E-state index >= 15 is 0 Å². The quantitative estimate of drug-likeness (QED) is 0.669. The predicted octanol–water partition coefficient (Wildman–Crippen LogP) is 2.29. The first-order valence-corrected chi connectivity index (χ1v) is 6.31. The summed E-state index contributed by atoms with van der Waals surface area (Å²) in [6.45, 7) is 2.34. The Morgan fingerprint density at radius 2 is 2.10 bits per heavy atom. The van der Waals surface area contributed by atoms with E-state index in [9.17, 15) is 0 Å². The number of benzene rings is 1. The monoisotopic (exact) mass is 273 g/mol. The van der Waals surface area contributed by atoms with Crippen LogP contribution in [0.1, 0.15) is 11.1 Å². The fraction of sp³-hybridized carbons (Fsp3) is 0.267. The van der Waals surface area contributed by atoms with Gasteiger partial charge >= 0.3 is 0 Å². The maximum atomic E-state index is 5.84. The van der Waals surface area contributed by atoms with Gasteiger partial charge < -0.3 is 14.5 Å². The molecule has 2 aromatic rings. The average Bonchev–Trinajstić information content (AvgIpc) is 2.44. The highest BCUT2D eigenvalue weighted by molar-refractivity contribution is 5.58. The van der Waals surface area contributed by atoms with Crippen molar-refractivity contribution in [1.29, 1.82) is 0 Å². The molecule has 2 rings (SSSR count). The molecule has 0 aliphatic rings. The number of aryl methyl sites for hydroxylation is 1. The number of hydrogen-bond acceptors (Lipinski definition) is 5. The zero-order chi connectivity index (χ0) is 14.5. The van der Waals surface area contributed by atoms with E-state index in [0.29, 0.717) is 12.5 Å². The SMILES string of the molecule is COc1cccc(N(C)N)c1COc1cc(C)ccn1. The number of nitrogens with zero attached hydrogens (tertiary/aromatic N) is 2. The van der Waals surface area contributed by atoms with Crippen molar-refractivity contribution in [2.75, 3.05) is 19.2 Å². The molecule has 106 valence electrons. The van der Waals surface area contributed by atoms with Gasteiger partial charge in [0, 0.05) is 19.3 Å². The molecular weight excluding hydrogens is 254 g/mol. The normalized spacial score (nSPS) is 10.2. The van der Waals surface area contributed by atoms with Gasteiger partial charge in [0.05, 0.1) is 18.4 Å². The summed E-state index contributed by atoms with van der Waals surface area (Å²) in [6, 6.07) is 9.52. The van der Waals surface area contributed by atoms with Crippen molar-refractivity contribution < 1.29 is 9.47 Å². The summed E-state index contributed by atoms with van der Waals surface area (Å²) in [4.78, 5) is 4.18. The minimum Gasteiger partial charge on any atom is -0.496 e. The van der Waals surface area contributed by atoms with Gasteiger partial charge in [-0.1, -0.05) is 6.07 Å². The van der Waals surface area contributed by atoms with Crippen molar-refractivity contribution >= 4 is 5.69 Å². The Labute approximate surface area is 118 Å². The van der Waals surface area contributed by atoms with Crippen molar-refractivity contribution in [2.24, 2.45) is 5.84 Å². The minimum atomic E-state index is 0.345. The van der Waals surface area contributed by atoms with E-state index in [1.165, 1.54) is 0 Å². The molecule has 0 atom stereocenters. The topological polar surface area (TPSA) is 60.6 Å². The van der Waals surface area contributed by atoms with Crippen LogP contribution in [0.2, 0.25) is 0 Å². The van der Waals surface area contributed by atoms with E-state index in [2.05, 4.69) is 4.98 Å². The first kappa shape index (κ1) is 14.1. The number of methoxy groups -OCH3 is 1. The van der Waals surface area contributed by atoms with Gasteiger partial charge in [0.2, 0.25) is 5.88 Å². The molecule has 0 aliphatic carbocycles. The lowest BCUT2D eigenvalue weighted by atomic mass is 10.1. The Morgan fingerprint density at radius 3 is 2.75 bits per heavy atom. The molecule has 0 aliphatic heterocycles. The lowest BCUT2D eigenvalue weighted by molar-refractivity contribution is 0.286. The molecule has 1 aromatic carbocycles. The molecule has 0 bridgehead atoms. The summed E-state index contributed by atoms with van der Waals surface area (Å²) in [5, 5.41) is 1.55. The first-order valence-electron chi connectivity index (χ1n) is 6.31. The number of pyridine rings is 1. The van der Waals surface area contributed by atoms with E-state index in [0.717, 1.165) is 22.6 Å².